The first-order valence-electron chi connectivity index (χ1n) is 8.56. The summed E-state index contributed by atoms with van der Waals surface area (Å²) in [5, 5.41) is 3.49. The van der Waals surface area contributed by atoms with Gasteiger partial charge in [-0.3, -0.25) is 4.79 Å². The number of amides is 1. The minimum Gasteiger partial charge on any atom is -0.319 e. The molecule has 11 heteroatoms. The summed E-state index contributed by atoms with van der Waals surface area (Å²) < 4.78 is 41.8. The topological polar surface area (TPSA) is 75.3 Å². The van der Waals surface area contributed by atoms with Gasteiger partial charge in [0.25, 0.3) is 5.91 Å². The van der Waals surface area contributed by atoms with Crippen LogP contribution in [0.3, 0.4) is 0 Å². The van der Waals surface area contributed by atoms with E-state index in [1.165, 1.54) is 24.3 Å². The molecule has 0 fully saturated rings. The maximum atomic E-state index is 14.5. The van der Waals surface area contributed by atoms with E-state index in [0.717, 1.165) is 18.2 Å². The van der Waals surface area contributed by atoms with Crippen LogP contribution in [-0.2, 0) is 16.6 Å². The van der Waals surface area contributed by atoms with E-state index in [1.807, 2.05) is 0 Å². The third kappa shape index (κ3) is 5.88. The van der Waals surface area contributed by atoms with E-state index in [1.54, 1.807) is 12.1 Å². The standard InChI is InChI=1S/C20H13Cl4FN2O3S/c21-12-2-1-11(16(23)7-12)10-26-31(29,30)14-4-6-19(18(25)9-14)27-20(28)15-5-3-13(22)8-17(15)24/h1-9,26H,10H2,(H,27,28). The molecule has 0 spiro atoms. The number of sulfonamides is 1. The quantitative estimate of drug-likeness (QED) is 0.407. The number of hydrogen-bond donors (Lipinski definition) is 2. The summed E-state index contributed by atoms with van der Waals surface area (Å²) in [7, 11) is -4.05. The highest BCUT2D eigenvalue weighted by atomic mass is 35.5. The normalized spacial score (nSPS) is 11.4. The number of hydrogen-bond acceptors (Lipinski definition) is 3. The molecule has 162 valence electrons. The fourth-order valence-corrected chi connectivity index (χ4v) is 4.54. The van der Waals surface area contributed by atoms with Crippen LogP contribution in [0.4, 0.5) is 10.1 Å². The van der Waals surface area contributed by atoms with Crippen molar-refractivity contribution in [2.75, 3.05) is 5.32 Å². The maximum Gasteiger partial charge on any atom is 0.257 e. The predicted molar refractivity (Wildman–Crippen MR) is 121 cm³/mol. The Morgan fingerprint density at radius 2 is 1.52 bits per heavy atom. The number of carbonyl (C=O) groups excluding carboxylic acids is 1. The van der Waals surface area contributed by atoms with Crippen LogP contribution in [0.5, 0.6) is 0 Å². The molecule has 0 aliphatic heterocycles. The molecule has 0 aliphatic rings. The van der Waals surface area contributed by atoms with Gasteiger partial charge in [0.2, 0.25) is 10.0 Å². The Labute approximate surface area is 198 Å². The van der Waals surface area contributed by atoms with Crippen molar-refractivity contribution >= 4 is 68.0 Å². The zero-order chi connectivity index (χ0) is 22.8. The molecule has 0 radical (unpaired) electrons. The first kappa shape index (κ1) is 23.8. The lowest BCUT2D eigenvalue weighted by atomic mass is 10.2. The van der Waals surface area contributed by atoms with Crippen molar-refractivity contribution in [2.24, 2.45) is 0 Å². The minimum atomic E-state index is -4.05. The molecule has 0 bridgehead atoms. The van der Waals surface area contributed by atoms with Crippen LogP contribution >= 0.6 is 46.4 Å². The average molecular weight is 522 g/mol. The lowest BCUT2D eigenvalue weighted by molar-refractivity contribution is 0.102. The summed E-state index contributed by atoms with van der Waals surface area (Å²) >= 11 is 23.6. The summed E-state index contributed by atoms with van der Waals surface area (Å²) in [5.41, 5.74) is 0.373. The van der Waals surface area contributed by atoms with Crippen LogP contribution < -0.4 is 10.0 Å². The number of benzene rings is 3. The van der Waals surface area contributed by atoms with E-state index in [4.69, 9.17) is 46.4 Å². The molecule has 0 aliphatic carbocycles. The van der Waals surface area contributed by atoms with Gasteiger partial charge >= 0.3 is 0 Å². The van der Waals surface area contributed by atoms with Crippen molar-refractivity contribution in [3.63, 3.8) is 0 Å². The second-order valence-corrected chi connectivity index (χ2v) is 9.73. The molecule has 0 unspecified atom stereocenters. The van der Waals surface area contributed by atoms with Gasteiger partial charge in [-0.1, -0.05) is 52.5 Å². The summed E-state index contributed by atoms with van der Waals surface area (Å²) in [6, 6.07) is 12.0. The zero-order valence-electron chi connectivity index (χ0n) is 15.4. The molecule has 0 atom stereocenters. The van der Waals surface area contributed by atoms with Crippen LogP contribution in [0, 0.1) is 5.82 Å². The Bertz CT molecular complexity index is 1270. The lowest BCUT2D eigenvalue weighted by Gasteiger charge is -2.11. The van der Waals surface area contributed by atoms with Crippen molar-refractivity contribution in [3.05, 3.63) is 91.6 Å². The van der Waals surface area contributed by atoms with Crippen molar-refractivity contribution in [1.29, 1.82) is 0 Å². The van der Waals surface area contributed by atoms with E-state index in [2.05, 4.69) is 10.0 Å². The Morgan fingerprint density at radius 1 is 0.871 bits per heavy atom. The van der Waals surface area contributed by atoms with E-state index in [0.29, 0.717) is 20.6 Å². The van der Waals surface area contributed by atoms with Crippen LogP contribution in [0.15, 0.2) is 59.5 Å². The highest BCUT2D eigenvalue weighted by Gasteiger charge is 2.19. The molecule has 0 aromatic heterocycles. The first-order valence-corrected chi connectivity index (χ1v) is 11.6. The molecule has 31 heavy (non-hydrogen) atoms. The van der Waals surface area contributed by atoms with Gasteiger partial charge in [-0.05, 0) is 54.1 Å². The van der Waals surface area contributed by atoms with Gasteiger partial charge in [-0.15, -0.1) is 0 Å². The van der Waals surface area contributed by atoms with Gasteiger partial charge in [0, 0.05) is 21.6 Å². The molecular weight excluding hydrogens is 509 g/mol. The van der Waals surface area contributed by atoms with Crippen LogP contribution in [-0.4, -0.2) is 14.3 Å². The Balaban J connectivity index is 1.75. The summed E-state index contributed by atoms with van der Waals surface area (Å²) in [5.74, 6) is -1.61. The van der Waals surface area contributed by atoms with Crippen molar-refractivity contribution in [2.45, 2.75) is 11.4 Å². The van der Waals surface area contributed by atoms with Gasteiger partial charge in [-0.2, -0.15) is 0 Å². The SMILES string of the molecule is O=C(Nc1ccc(S(=O)(=O)NCc2ccc(Cl)cc2Cl)cc1F)c1ccc(Cl)cc1Cl. The van der Waals surface area contributed by atoms with E-state index in [9.17, 15) is 17.6 Å². The fraction of sp³-hybridized carbons (Fsp3) is 0.0500. The van der Waals surface area contributed by atoms with Crippen molar-refractivity contribution in [3.8, 4) is 0 Å². The summed E-state index contributed by atoms with van der Waals surface area (Å²) in [6.07, 6.45) is 0. The van der Waals surface area contributed by atoms with Gasteiger partial charge in [0.15, 0.2) is 0 Å². The monoisotopic (exact) mass is 520 g/mol. The molecule has 2 N–H and O–H groups in total. The summed E-state index contributed by atoms with van der Waals surface area (Å²) in [6.45, 7) is -0.118. The van der Waals surface area contributed by atoms with Crippen LogP contribution in [0.1, 0.15) is 15.9 Å². The maximum absolute atomic E-state index is 14.5. The van der Waals surface area contributed by atoms with E-state index < -0.39 is 21.7 Å². The van der Waals surface area contributed by atoms with E-state index in [-0.39, 0.29) is 27.7 Å². The van der Waals surface area contributed by atoms with Crippen molar-refractivity contribution in [1.82, 2.24) is 4.72 Å². The number of carbonyl (C=O) groups is 1. The van der Waals surface area contributed by atoms with Crippen LogP contribution in [0.25, 0.3) is 0 Å². The lowest BCUT2D eigenvalue weighted by Crippen LogP contribution is -2.23. The van der Waals surface area contributed by atoms with Gasteiger partial charge < -0.3 is 5.32 Å². The second-order valence-electron chi connectivity index (χ2n) is 6.28. The van der Waals surface area contributed by atoms with Gasteiger partial charge in [-0.25, -0.2) is 17.5 Å². The molecule has 0 heterocycles. The number of anilines is 1. The predicted octanol–water partition coefficient (Wildman–Crippen LogP) is 6.17. The summed E-state index contributed by atoms with van der Waals surface area (Å²) in [4.78, 5) is 12.0. The molecule has 1 amide bonds. The molecule has 0 saturated heterocycles. The largest absolute Gasteiger partial charge is 0.319 e. The molecule has 3 aromatic carbocycles. The number of rotatable bonds is 6. The Hall–Kier alpha value is -1.87. The highest BCUT2D eigenvalue weighted by molar-refractivity contribution is 7.89. The fourth-order valence-electron chi connectivity index (χ4n) is 2.55. The molecular formula is C20H13Cl4FN2O3S. The third-order valence-electron chi connectivity index (χ3n) is 4.14. The number of halogens is 5. The zero-order valence-corrected chi connectivity index (χ0v) is 19.3. The number of nitrogens with one attached hydrogen (secondary N) is 2. The minimum absolute atomic E-state index is 0.0867. The average Bonchev–Trinajstić information content (AvgIpc) is 2.68. The Kier molecular flexibility index (Phi) is 7.47. The third-order valence-corrected chi connectivity index (χ3v) is 6.68. The molecule has 5 nitrogen and oxygen atoms in total. The molecule has 0 saturated carbocycles. The second kappa shape index (κ2) is 9.73. The molecule has 3 rings (SSSR count). The van der Waals surface area contributed by atoms with Gasteiger partial charge in [0.05, 0.1) is 21.2 Å². The van der Waals surface area contributed by atoms with Crippen LogP contribution in [0.2, 0.25) is 20.1 Å². The highest BCUT2D eigenvalue weighted by Crippen LogP contribution is 2.25. The first-order chi connectivity index (χ1) is 14.6. The smallest absolute Gasteiger partial charge is 0.257 e. The molecule has 3 aromatic rings. The van der Waals surface area contributed by atoms with Gasteiger partial charge in [0.1, 0.15) is 5.82 Å². The van der Waals surface area contributed by atoms with Crippen molar-refractivity contribution < 1.29 is 17.6 Å². The Morgan fingerprint density at radius 3 is 2.13 bits per heavy atom. The van der Waals surface area contributed by atoms with E-state index >= 15 is 0 Å².